The molecule has 0 fully saturated rings. The number of carbonyl (C=O) groups is 1. The van der Waals surface area contributed by atoms with Gasteiger partial charge >= 0.3 is 0 Å². The molecule has 0 amide bonds. The van der Waals surface area contributed by atoms with Gasteiger partial charge in [-0.3, -0.25) is 4.79 Å². The third-order valence-electron chi connectivity index (χ3n) is 2.71. The first kappa shape index (κ1) is 11.6. The molecule has 2 N–H and O–H groups in total. The molecular weight excluding hydrogens is 150 g/mol. The zero-order valence-electron chi connectivity index (χ0n) is 8.85. The lowest BCUT2D eigenvalue weighted by Crippen LogP contribution is -2.56. The van der Waals surface area contributed by atoms with Crippen LogP contribution in [-0.2, 0) is 4.79 Å². The summed E-state index contributed by atoms with van der Waals surface area (Å²) in [5.74, 6) is 0.599. The van der Waals surface area contributed by atoms with Crippen molar-refractivity contribution in [1.82, 2.24) is 0 Å². The number of Topliss-reactive ketones (excluding diaryl/α,β-unsaturated/α-hetero) is 1. The Morgan fingerprint density at radius 1 is 1.25 bits per heavy atom. The molecule has 0 aromatic carbocycles. The molecule has 2 heteroatoms. The third kappa shape index (κ3) is 1.86. The maximum Gasteiger partial charge on any atom is 0.152 e. The van der Waals surface area contributed by atoms with E-state index in [1.165, 1.54) is 0 Å². The van der Waals surface area contributed by atoms with Crippen LogP contribution in [0.1, 0.15) is 41.0 Å². The van der Waals surface area contributed by atoms with E-state index in [2.05, 4.69) is 0 Å². The number of hydrogen-bond donors (Lipinski definition) is 1. The first-order valence-electron chi connectivity index (χ1n) is 4.69. The average molecular weight is 171 g/mol. The summed E-state index contributed by atoms with van der Waals surface area (Å²) in [5.41, 5.74) is 5.46. The van der Waals surface area contributed by atoms with Gasteiger partial charge in [0.1, 0.15) is 0 Å². The Bertz CT molecular complexity index is 153. The van der Waals surface area contributed by atoms with Crippen molar-refractivity contribution in [3.8, 4) is 0 Å². The highest BCUT2D eigenvalue weighted by molar-refractivity contribution is 5.88. The summed E-state index contributed by atoms with van der Waals surface area (Å²) in [6.45, 7) is 9.90. The minimum Gasteiger partial charge on any atom is -0.319 e. The van der Waals surface area contributed by atoms with Crippen molar-refractivity contribution in [2.45, 2.75) is 46.6 Å². The van der Waals surface area contributed by atoms with Crippen molar-refractivity contribution in [3.63, 3.8) is 0 Å². The monoisotopic (exact) mass is 171 g/mol. The molecule has 0 aliphatic carbocycles. The highest BCUT2D eigenvalue weighted by Gasteiger charge is 2.38. The fourth-order valence-corrected chi connectivity index (χ4v) is 1.62. The van der Waals surface area contributed by atoms with Crippen LogP contribution < -0.4 is 5.73 Å². The molecule has 0 aliphatic heterocycles. The van der Waals surface area contributed by atoms with Gasteiger partial charge in [0.05, 0.1) is 5.54 Å². The van der Waals surface area contributed by atoms with Gasteiger partial charge < -0.3 is 5.73 Å². The zero-order chi connectivity index (χ0) is 9.94. The average Bonchev–Trinajstić information content (AvgIpc) is 2.00. The third-order valence-corrected chi connectivity index (χ3v) is 2.71. The van der Waals surface area contributed by atoms with E-state index in [9.17, 15) is 4.79 Å². The van der Waals surface area contributed by atoms with Crippen molar-refractivity contribution in [1.29, 1.82) is 0 Å². The van der Waals surface area contributed by atoms with Gasteiger partial charge in [-0.25, -0.2) is 0 Å². The van der Waals surface area contributed by atoms with Crippen molar-refractivity contribution in [2.24, 2.45) is 17.6 Å². The lowest BCUT2D eigenvalue weighted by Gasteiger charge is -2.35. The second-order valence-corrected chi connectivity index (χ2v) is 4.02. The minimum atomic E-state index is -0.630. The summed E-state index contributed by atoms with van der Waals surface area (Å²) in [6.07, 6.45) is 0.535. The standard InChI is InChI=1S/C10H21NO/c1-6-9(12)10(11,7(2)3)8(4)5/h7-8H,6,11H2,1-5H3. The second-order valence-electron chi connectivity index (χ2n) is 4.02. The zero-order valence-corrected chi connectivity index (χ0v) is 8.85. The molecule has 0 spiro atoms. The van der Waals surface area contributed by atoms with Crippen LogP contribution in [0, 0.1) is 11.8 Å². The molecule has 0 saturated carbocycles. The van der Waals surface area contributed by atoms with Crippen LogP contribution in [0.5, 0.6) is 0 Å². The van der Waals surface area contributed by atoms with Crippen LogP contribution >= 0.6 is 0 Å². The molecule has 72 valence electrons. The Balaban J connectivity index is 4.74. The molecule has 0 saturated heterocycles. The number of rotatable bonds is 4. The summed E-state index contributed by atoms with van der Waals surface area (Å²) in [4.78, 5) is 11.6. The highest BCUT2D eigenvalue weighted by atomic mass is 16.1. The number of hydrogen-bond acceptors (Lipinski definition) is 2. The predicted molar refractivity (Wildman–Crippen MR) is 51.9 cm³/mol. The van der Waals surface area contributed by atoms with Crippen LogP contribution in [0.2, 0.25) is 0 Å². The van der Waals surface area contributed by atoms with E-state index in [-0.39, 0.29) is 17.6 Å². The van der Waals surface area contributed by atoms with Crippen LogP contribution in [0.4, 0.5) is 0 Å². The molecular formula is C10H21NO. The Hall–Kier alpha value is -0.370. The van der Waals surface area contributed by atoms with Crippen LogP contribution in [0.3, 0.4) is 0 Å². The SMILES string of the molecule is CCC(=O)C(N)(C(C)C)C(C)C. The summed E-state index contributed by atoms with van der Waals surface area (Å²) < 4.78 is 0. The first-order valence-corrected chi connectivity index (χ1v) is 4.69. The van der Waals surface area contributed by atoms with Crippen molar-refractivity contribution < 1.29 is 4.79 Å². The summed E-state index contributed by atoms with van der Waals surface area (Å²) in [6, 6.07) is 0. The van der Waals surface area contributed by atoms with E-state index < -0.39 is 5.54 Å². The van der Waals surface area contributed by atoms with E-state index in [0.717, 1.165) is 0 Å². The fourth-order valence-electron chi connectivity index (χ4n) is 1.62. The lowest BCUT2D eigenvalue weighted by molar-refractivity contribution is -0.127. The molecule has 0 aromatic heterocycles. The second kappa shape index (κ2) is 4.04. The Kier molecular flexibility index (Phi) is 3.91. The topological polar surface area (TPSA) is 43.1 Å². The number of carbonyl (C=O) groups excluding carboxylic acids is 1. The summed E-state index contributed by atoms with van der Waals surface area (Å²) in [7, 11) is 0. The molecule has 0 unspecified atom stereocenters. The fraction of sp³-hybridized carbons (Fsp3) is 0.900. The number of ketones is 1. The van der Waals surface area contributed by atoms with Gasteiger partial charge in [-0.15, -0.1) is 0 Å². The van der Waals surface area contributed by atoms with Crippen molar-refractivity contribution in [2.75, 3.05) is 0 Å². The highest BCUT2D eigenvalue weighted by Crippen LogP contribution is 2.25. The smallest absolute Gasteiger partial charge is 0.152 e. The van der Waals surface area contributed by atoms with Gasteiger partial charge in [-0.05, 0) is 11.8 Å². The minimum absolute atomic E-state index is 0.174. The van der Waals surface area contributed by atoms with Crippen molar-refractivity contribution in [3.05, 3.63) is 0 Å². The molecule has 0 bridgehead atoms. The van der Waals surface area contributed by atoms with Gasteiger partial charge in [0.15, 0.2) is 5.78 Å². The maximum atomic E-state index is 11.6. The van der Waals surface area contributed by atoms with Crippen LogP contribution in [-0.4, -0.2) is 11.3 Å². The van der Waals surface area contributed by atoms with Crippen LogP contribution in [0.25, 0.3) is 0 Å². The molecule has 0 aromatic rings. The molecule has 2 nitrogen and oxygen atoms in total. The Labute approximate surface area is 75.5 Å². The lowest BCUT2D eigenvalue weighted by atomic mass is 9.74. The summed E-state index contributed by atoms with van der Waals surface area (Å²) in [5, 5.41) is 0. The molecule has 0 rings (SSSR count). The van der Waals surface area contributed by atoms with Gasteiger partial charge in [0, 0.05) is 6.42 Å². The van der Waals surface area contributed by atoms with Gasteiger partial charge in [-0.1, -0.05) is 34.6 Å². The first-order chi connectivity index (χ1) is 5.37. The summed E-state index contributed by atoms with van der Waals surface area (Å²) >= 11 is 0. The van der Waals surface area contributed by atoms with Crippen molar-refractivity contribution >= 4 is 5.78 Å². The van der Waals surface area contributed by atoms with Gasteiger partial charge in [0.25, 0.3) is 0 Å². The van der Waals surface area contributed by atoms with E-state index >= 15 is 0 Å². The van der Waals surface area contributed by atoms with E-state index in [1.54, 1.807) is 0 Å². The van der Waals surface area contributed by atoms with E-state index in [4.69, 9.17) is 5.73 Å². The molecule has 12 heavy (non-hydrogen) atoms. The number of nitrogens with two attached hydrogens (primary N) is 1. The molecule has 0 radical (unpaired) electrons. The quantitative estimate of drug-likeness (QED) is 0.702. The largest absolute Gasteiger partial charge is 0.319 e. The Morgan fingerprint density at radius 2 is 1.58 bits per heavy atom. The molecule has 0 aliphatic rings. The van der Waals surface area contributed by atoms with Gasteiger partial charge in [-0.2, -0.15) is 0 Å². The van der Waals surface area contributed by atoms with Crippen LogP contribution in [0.15, 0.2) is 0 Å². The van der Waals surface area contributed by atoms with E-state index in [0.29, 0.717) is 6.42 Å². The van der Waals surface area contributed by atoms with Gasteiger partial charge in [0.2, 0.25) is 0 Å². The van der Waals surface area contributed by atoms with E-state index in [1.807, 2.05) is 34.6 Å². The predicted octanol–water partition coefficient (Wildman–Crippen LogP) is 1.97. The maximum absolute atomic E-state index is 11.6. The molecule has 0 heterocycles. The Morgan fingerprint density at radius 3 is 1.67 bits per heavy atom. The normalized spacial score (nSPS) is 12.7. The molecule has 0 atom stereocenters.